The Balaban J connectivity index is 1.96. The van der Waals surface area contributed by atoms with Crippen molar-refractivity contribution in [3.05, 3.63) is 53.1 Å². The summed E-state index contributed by atoms with van der Waals surface area (Å²) in [6.07, 6.45) is 0. The molecular formula is C17H18ClN3O3. The molecule has 0 fully saturated rings. The van der Waals surface area contributed by atoms with E-state index >= 15 is 0 Å². The standard InChI is InChI=1S/C17H18ClN3O3/c1-2-24-15-6-4-3-5-14(15)21-16(22)10-20-11-7-8-12(17(19)23)13(18)9-11/h3-9,20H,2,10H2,1H3,(H2,19,23)(H,21,22). The molecule has 6 nitrogen and oxygen atoms in total. The number of ether oxygens (including phenoxy) is 1. The average Bonchev–Trinajstić information content (AvgIpc) is 2.55. The van der Waals surface area contributed by atoms with Gasteiger partial charge in [0.05, 0.1) is 29.4 Å². The van der Waals surface area contributed by atoms with Crippen LogP contribution in [0.25, 0.3) is 0 Å². The minimum atomic E-state index is -0.600. The largest absolute Gasteiger partial charge is 0.492 e. The Bertz CT molecular complexity index is 750. The number of benzene rings is 2. The topological polar surface area (TPSA) is 93.4 Å². The summed E-state index contributed by atoms with van der Waals surface area (Å²) in [7, 11) is 0. The first-order valence-corrected chi connectivity index (χ1v) is 7.74. The third-order valence-electron chi connectivity index (χ3n) is 3.15. The van der Waals surface area contributed by atoms with Crippen molar-refractivity contribution in [3.8, 4) is 5.75 Å². The van der Waals surface area contributed by atoms with Crippen molar-refractivity contribution in [2.75, 3.05) is 23.8 Å². The summed E-state index contributed by atoms with van der Waals surface area (Å²) >= 11 is 5.97. The van der Waals surface area contributed by atoms with Gasteiger partial charge in [0.1, 0.15) is 5.75 Å². The van der Waals surface area contributed by atoms with Crippen LogP contribution in [0, 0.1) is 0 Å². The highest BCUT2D eigenvalue weighted by Gasteiger charge is 2.09. The fraction of sp³-hybridized carbons (Fsp3) is 0.176. The highest BCUT2D eigenvalue weighted by atomic mass is 35.5. The highest BCUT2D eigenvalue weighted by Crippen LogP contribution is 2.24. The number of rotatable bonds is 7. The summed E-state index contributed by atoms with van der Waals surface area (Å²) < 4.78 is 5.46. The quantitative estimate of drug-likeness (QED) is 0.718. The van der Waals surface area contributed by atoms with Crippen LogP contribution in [0.15, 0.2) is 42.5 Å². The normalized spacial score (nSPS) is 10.1. The molecule has 0 atom stereocenters. The predicted molar refractivity (Wildman–Crippen MR) is 94.7 cm³/mol. The van der Waals surface area contributed by atoms with Gasteiger partial charge in [-0.15, -0.1) is 0 Å². The highest BCUT2D eigenvalue weighted by molar-refractivity contribution is 6.34. The number of nitrogens with two attached hydrogens (primary N) is 1. The van der Waals surface area contributed by atoms with Gasteiger partial charge in [-0.3, -0.25) is 9.59 Å². The van der Waals surface area contributed by atoms with Crippen LogP contribution in [-0.4, -0.2) is 25.0 Å². The first kappa shape index (κ1) is 17.6. The molecule has 2 amide bonds. The van der Waals surface area contributed by atoms with Gasteiger partial charge in [0.15, 0.2) is 0 Å². The Kier molecular flexibility index (Phi) is 6.03. The van der Waals surface area contributed by atoms with Crippen molar-refractivity contribution in [3.63, 3.8) is 0 Å². The van der Waals surface area contributed by atoms with E-state index in [4.69, 9.17) is 22.1 Å². The van der Waals surface area contributed by atoms with Crippen LogP contribution in [0.5, 0.6) is 5.75 Å². The summed E-state index contributed by atoms with van der Waals surface area (Å²) in [5.74, 6) is -0.226. The Hall–Kier alpha value is -2.73. The number of carbonyl (C=O) groups excluding carboxylic acids is 2. The molecule has 0 aliphatic heterocycles. The van der Waals surface area contributed by atoms with Gasteiger partial charge < -0.3 is 21.1 Å². The summed E-state index contributed by atoms with van der Waals surface area (Å²) in [6, 6.07) is 11.9. The van der Waals surface area contributed by atoms with Crippen LogP contribution in [0.2, 0.25) is 5.02 Å². The molecule has 0 bridgehead atoms. The van der Waals surface area contributed by atoms with Gasteiger partial charge in [-0.1, -0.05) is 23.7 Å². The molecule has 2 rings (SSSR count). The van der Waals surface area contributed by atoms with Gasteiger partial charge in [0, 0.05) is 5.69 Å². The molecule has 0 spiro atoms. The van der Waals surface area contributed by atoms with Crippen LogP contribution >= 0.6 is 11.6 Å². The monoisotopic (exact) mass is 347 g/mol. The van der Waals surface area contributed by atoms with E-state index in [-0.39, 0.29) is 23.0 Å². The number of halogens is 1. The van der Waals surface area contributed by atoms with E-state index in [9.17, 15) is 9.59 Å². The molecule has 2 aromatic rings. The van der Waals surface area contributed by atoms with E-state index in [2.05, 4.69) is 10.6 Å². The molecule has 0 saturated heterocycles. The second-order valence-electron chi connectivity index (χ2n) is 4.89. The van der Waals surface area contributed by atoms with E-state index in [1.54, 1.807) is 24.3 Å². The molecule has 0 unspecified atom stereocenters. The molecule has 0 saturated carbocycles. The Labute approximate surface area is 144 Å². The SMILES string of the molecule is CCOc1ccccc1NC(=O)CNc1ccc(C(N)=O)c(Cl)c1. The van der Waals surface area contributed by atoms with Gasteiger partial charge in [0.25, 0.3) is 0 Å². The van der Waals surface area contributed by atoms with Gasteiger partial charge in [-0.05, 0) is 37.3 Å². The zero-order valence-electron chi connectivity index (χ0n) is 13.1. The lowest BCUT2D eigenvalue weighted by Gasteiger charge is -2.12. The number of carbonyl (C=O) groups is 2. The fourth-order valence-corrected chi connectivity index (χ4v) is 2.33. The van der Waals surface area contributed by atoms with E-state index in [1.165, 1.54) is 6.07 Å². The lowest BCUT2D eigenvalue weighted by molar-refractivity contribution is -0.114. The maximum absolute atomic E-state index is 12.1. The maximum atomic E-state index is 12.1. The van der Waals surface area contributed by atoms with Crippen LogP contribution in [0.3, 0.4) is 0 Å². The van der Waals surface area contributed by atoms with Crippen LogP contribution in [-0.2, 0) is 4.79 Å². The predicted octanol–water partition coefficient (Wildman–Crippen LogP) is 2.89. The molecule has 24 heavy (non-hydrogen) atoms. The van der Waals surface area contributed by atoms with Gasteiger partial charge in [0.2, 0.25) is 11.8 Å². The van der Waals surface area contributed by atoms with Gasteiger partial charge in [-0.2, -0.15) is 0 Å². The molecule has 0 aliphatic rings. The van der Waals surface area contributed by atoms with Crippen molar-refractivity contribution < 1.29 is 14.3 Å². The van der Waals surface area contributed by atoms with Gasteiger partial charge in [-0.25, -0.2) is 0 Å². The first-order valence-electron chi connectivity index (χ1n) is 7.36. The number of primary amides is 1. The zero-order chi connectivity index (χ0) is 17.5. The second kappa shape index (κ2) is 8.21. The smallest absolute Gasteiger partial charge is 0.250 e. The summed E-state index contributed by atoms with van der Waals surface area (Å²) in [4.78, 5) is 23.2. The average molecular weight is 348 g/mol. The van der Waals surface area contributed by atoms with Crippen LogP contribution in [0.1, 0.15) is 17.3 Å². The molecule has 0 radical (unpaired) electrons. The van der Waals surface area contributed by atoms with Crippen LogP contribution in [0.4, 0.5) is 11.4 Å². The maximum Gasteiger partial charge on any atom is 0.250 e. The lowest BCUT2D eigenvalue weighted by Crippen LogP contribution is -2.22. The third-order valence-corrected chi connectivity index (χ3v) is 3.46. The molecule has 0 aliphatic carbocycles. The molecule has 2 aromatic carbocycles. The Morgan fingerprint density at radius 3 is 2.62 bits per heavy atom. The minimum Gasteiger partial charge on any atom is -0.492 e. The number of amides is 2. The van der Waals surface area contributed by atoms with E-state index < -0.39 is 5.91 Å². The van der Waals surface area contributed by atoms with E-state index in [0.717, 1.165) is 0 Å². The Morgan fingerprint density at radius 2 is 1.96 bits per heavy atom. The van der Waals surface area contributed by atoms with Crippen LogP contribution < -0.4 is 21.1 Å². The number of nitrogens with one attached hydrogen (secondary N) is 2. The molecule has 0 aromatic heterocycles. The second-order valence-corrected chi connectivity index (χ2v) is 5.30. The van der Waals surface area contributed by atoms with Crippen molar-refractivity contribution in [2.45, 2.75) is 6.92 Å². The van der Waals surface area contributed by atoms with E-state index in [0.29, 0.717) is 23.7 Å². The number of hydrogen-bond acceptors (Lipinski definition) is 4. The summed E-state index contributed by atoms with van der Waals surface area (Å²) in [6.45, 7) is 2.42. The molecule has 7 heteroatoms. The van der Waals surface area contributed by atoms with Crippen molar-refractivity contribution in [1.29, 1.82) is 0 Å². The van der Waals surface area contributed by atoms with Crippen molar-refractivity contribution in [2.24, 2.45) is 5.73 Å². The van der Waals surface area contributed by atoms with E-state index in [1.807, 2.05) is 19.1 Å². The third kappa shape index (κ3) is 4.63. The summed E-state index contributed by atoms with van der Waals surface area (Å²) in [5, 5.41) is 5.94. The lowest BCUT2D eigenvalue weighted by atomic mass is 10.2. The number of anilines is 2. The molecule has 126 valence electrons. The molecule has 0 heterocycles. The first-order chi connectivity index (χ1) is 11.5. The Morgan fingerprint density at radius 1 is 1.21 bits per heavy atom. The molecule has 4 N–H and O–H groups in total. The van der Waals surface area contributed by atoms with Gasteiger partial charge >= 0.3 is 0 Å². The minimum absolute atomic E-state index is 0.0344. The van der Waals surface area contributed by atoms with Crippen molar-refractivity contribution in [1.82, 2.24) is 0 Å². The molecular weight excluding hydrogens is 330 g/mol. The fourth-order valence-electron chi connectivity index (χ4n) is 2.05. The number of hydrogen-bond donors (Lipinski definition) is 3. The summed E-state index contributed by atoms with van der Waals surface area (Å²) in [5.41, 5.74) is 6.64. The van der Waals surface area contributed by atoms with Crippen molar-refractivity contribution >= 4 is 34.8 Å². The number of para-hydroxylation sites is 2. The zero-order valence-corrected chi connectivity index (χ0v) is 13.9.